The molecule has 2 atom stereocenters. The van der Waals surface area contributed by atoms with Crippen molar-refractivity contribution in [3.05, 3.63) is 102 Å². The van der Waals surface area contributed by atoms with Crippen molar-refractivity contribution in [1.29, 1.82) is 0 Å². The zero-order valence-electron chi connectivity index (χ0n) is 23.3. The second kappa shape index (κ2) is 14.2. The number of rotatable bonds is 7. The van der Waals surface area contributed by atoms with E-state index in [0.29, 0.717) is 11.5 Å². The van der Waals surface area contributed by atoms with Crippen LogP contribution in [0.3, 0.4) is 0 Å². The van der Waals surface area contributed by atoms with Crippen molar-refractivity contribution in [3.8, 4) is 0 Å². The van der Waals surface area contributed by atoms with E-state index in [1.807, 2.05) is 0 Å². The minimum absolute atomic E-state index is 0.291. The van der Waals surface area contributed by atoms with E-state index < -0.39 is 0 Å². The zero-order valence-corrected chi connectivity index (χ0v) is 23.3. The molecule has 0 bridgehead atoms. The number of nitrogens with zero attached hydrogens (tertiary/aromatic N) is 1. The smallest absolute Gasteiger partial charge is 0.0872 e. The Morgan fingerprint density at radius 1 is 1.23 bits per heavy atom. The van der Waals surface area contributed by atoms with Crippen LogP contribution in [0.1, 0.15) is 92.4 Å². The third kappa shape index (κ3) is 8.01. The molecule has 0 aromatic rings. The molecule has 0 radical (unpaired) electrons. The molecular formula is C34H49N. The summed E-state index contributed by atoms with van der Waals surface area (Å²) in [6.07, 6.45) is 25.8. The summed E-state index contributed by atoms with van der Waals surface area (Å²) in [7, 11) is 0. The van der Waals surface area contributed by atoms with Crippen molar-refractivity contribution < 1.29 is 0 Å². The van der Waals surface area contributed by atoms with E-state index in [-0.39, 0.29) is 0 Å². The molecule has 0 N–H and O–H groups in total. The molecule has 3 rings (SSSR count). The van der Waals surface area contributed by atoms with E-state index in [9.17, 15) is 0 Å². The molecule has 0 heterocycles. The maximum atomic E-state index is 4.31. The molecule has 0 aromatic carbocycles. The molecule has 0 aliphatic heterocycles. The first-order valence-corrected chi connectivity index (χ1v) is 13.7. The van der Waals surface area contributed by atoms with Gasteiger partial charge in [-0.15, -0.1) is 12.3 Å². The fraction of sp³-hybridized carbons (Fsp3) is 0.500. The normalized spacial score (nSPS) is 25.3. The van der Waals surface area contributed by atoms with E-state index in [1.54, 1.807) is 5.57 Å². The van der Waals surface area contributed by atoms with Crippen molar-refractivity contribution in [2.75, 3.05) is 6.54 Å². The highest BCUT2D eigenvalue weighted by Gasteiger charge is 2.31. The van der Waals surface area contributed by atoms with E-state index in [4.69, 9.17) is 0 Å². The summed E-state index contributed by atoms with van der Waals surface area (Å²) in [6, 6.07) is 0.564. The Morgan fingerprint density at radius 3 is 2.60 bits per heavy atom. The molecule has 0 amide bonds. The van der Waals surface area contributed by atoms with Crippen LogP contribution in [-0.2, 0) is 0 Å². The second-order valence-corrected chi connectivity index (χ2v) is 10.5. The van der Waals surface area contributed by atoms with Gasteiger partial charge >= 0.3 is 0 Å². The average molecular weight is 472 g/mol. The van der Waals surface area contributed by atoms with Gasteiger partial charge in [0.1, 0.15) is 0 Å². The summed E-state index contributed by atoms with van der Waals surface area (Å²) >= 11 is 0. The van der Waals surface area contributed by atoms with Crippen LogP contribution in [-0.4, -0.2) is 17.5 Å². The Bertz CT molecular complexity index is 957. The largest absolute Gasteiger partial charge is 0.362 e. The standard InChI is InChI=1S/C24H35N.C10H14/c1-7-16-25(21-12-11-14-24(6,10-4)15-13-21)23(9-3)22-18-20(8-2)17-19(22)5;1-3-10-8-6-4-5-7-9(10)2/h8,10,18,21H,3-5,7,11-17H2,1-2,6H3;4-7H,3,8H2,1-2H3/b20-8+;/t21?,24-;/m1./s1. The van der Waals surface area contributed by atoms with Crippen LogP contribution >= 0.6 is 0 Å². The van der Waals surface area contributed by atoms with Gasteiger partial charge in [0, 0.05) is 18.2 Å². The second-order valence-electron chi connectivity index (χ2n) is 10.5. The molecule has 1 saturated carbocycles. The highest BCUT2D eigenvalue weighted by molar-refractivity contribution is 5.55. The maximum absolute atomic E-state index is 4.31. The van der Waals surface area contributed by atoms with E-state index in [1.165, 1.54) is 60.8 Å². The summed E-state index contributed by atoms with van der Waals surface area (Å²) in [5.74, 6) is 0. The summed E-state index contributed by atoms with van der Waals surface area (Å²) < 4.78 is 0. The first-order chi connectivity index (χ1) is 16.8. The van der Waals surface area contributed by atoms with Crippen LogP contribution in [0.2, 0.25) is 0 Å². The fourth-order valence-corrected chi connectivity index (χ4v) is 5.38. The van der Waals surface area contributed by atoms with Crippen LogP contribution in [0.5, 0.6) is 0 Å². The van der Waals surface area contributed by atoms with Crippen LogP contribution in [0.25, 0.3) is 0 Å². The van der Waals surface area contributed by atoms with Gasteiger partial charge in [0.2, 0.25) is 0 Å². The highest BCUT2D eigenvalue weighted by atomic mass is 15.2. The van der Waals surface area contributed by atoms with Crippen LogP contribution in [0.15, 0.2) is 102 Å². The first-order valence-electron chi connectivity index (χ1n) is 13.7. The van der Waals surface area contributed by atoms with E-state index in [2.05, 4.69) is 108 Å². The lowest BCUT2D eigenvalue weighted by Gasteiger charge is -2.35. The molecule has 3 aliphatic carbocycles. The molecule has 3 aliphatic rings. The van der Waals surface area contributed by atoms with Gasteiger partial charge in [-0.25, -0.2) is 0 Å². The van der Waals surface area contributed by atoms with Crippen molar-refractivity contribution in [2.45, 2.75) is 98.4 Å². The van der Waals surface area contributed by atoms with Gasteiger partial charge in [-0.1, -0.05) is 88.0 Å². The molecule has 1 fully saturated rings. The van der Waals surface area contributed by atoms with Gasteiger partial charge in [0.15, 0.2) is 0 Å². The lowest BCUT2D eigenvalue weighted by Crippen LogP contribution is -2.35. The fourth-order valence-electron chi connectivity index (χ4n) is 5.38. The molecule has 0 saturated heterocycles. The van der Waals surface area contributed by atoms with Crippen molar-refractivity contribution in [3.63, 3.8) is 0 Å². The zero-order chi connectivity index (χ0) is 25.8. The molecule has 1 unspecified atom stereocenters. The molecular weight excluding hydrogens is 422 g/mol. The van der Waals surface area contributed by atoms with Crippen molar-refractivity contribution >= 4 is 0 Å². The first kappa shape index (κ1) is 28.7. The van der Waals surface area contributed by atoms with Gasteiger partial charge < -0.3 is 4.90 Å². The summed E-state index contributed by atoms with van der Waals surface area (Å²) in [5.41, 5.74) is 11.5. The topological polar surface area (TPSA) is 3.24 Å². The maximum Gasteiger partial charge on any atom is 0.0872 e. The summed E-state index contributed by atoms with van der Waals surface area (Å²) in [6.45, 7) is 24.6. The monoisotopic (exact) mass is 471 g/mol. The van der Waals surface area contributed by atoms with Crippen LogP contribution in [0.4, 0.5) is 0 Å². The molecule has 1 nitrogen and oxygen atoms in total. The highest BCUT2D eigenvalue weighted by Crippen LogP contribution is 2.40. The van der Waals surface area contributed by atoms with Gasteiger partial charge in [0.05, 0.1) is 5.70 Å². The number of hydrogen-bond donors (Lipinski definition) is 0. The number of hydrogen-bond acceptors (Lipinski definition) is 1. The minimum atomic E-state index is 0.291. The van der Waals surface area contributed by atoms with Gasteiger partial charge in [-0.2, -0.15) is 0 Å². The molecule has 190 valence electrons. The minimum Gasteiger partial charge on any atom is -0.362 e. The predicted molar refractivity (Wildman–Crippen MR) is 156 cm³/mol. The Kier molecular flexibility index (Phi) is 11.6. The molecule has 0 aromatic heterocycles. The predicted octanol–water partition coefficient (Wildman–Crippen LogP) is 9.95. The molecule has 0 spiro atoms. The summed E-state index contributed by atoms with van der Waals surface area (Å²) in [5, 5.41) is 0. The van der Waals surface area contributed by atoms with Gasteiger partial charge in [0.25, 0.3) is 0 Å². The Balaban J connectivity index is 0.000000360. The number of allylic oxidation sites excluding steroid dienone is 11. The quantitative estimate of drug-likeness (QED) is 0.203. The SMILES string of the molecule is C=C=C(C1=C/C(=C/C)CC1=C)N(CCC)C1CCC[C@@](C)(C=C)CC1.CCC1=C(C)C=CC=CC1. The van der Waals surface area contributed by atoms with Crippen molar-refractivity contribution in [1.82, 2.24) is 4.90 Å². The molecule has 1 heteroatoms. The summed E-state index contributed by atoms with van der Waals surface area (Å²) in [4.78, 5) is 2.57. The Morgan fingerprint density at radius 2 is 2.00 bits per heavy atom. The van der Waals surface area contributed by atoms with Crippen LogP contribution in [0, 0.1) is 5.41 Å². The van der Waals surface area contributed by atoms with Crippen molar-refractivity contribution in [2.24, 2.45) is 5.41 Å². The van der Waals surface area contributed by atoms with E-state index in [0.717, 1.165) is 31.5 Å². The third-order valence-corrected chi connectivity index (χ3v) is 7.88. The Hall–Kier alpha value is -2.50. The van der Waals surface area contributed by atoms with Crippen LogP contribution < -0.4 is 0 Å². The lowest BCUT2D eigenvalue weighted by molar-refractivity contribution is 0.230. The van der Waals surface area contributed by atoms with Gasteiger partial charge in [-0.3, -0.25) is 0 Å². The van der Waals surface area contributed by atoms with Gasteiger partial charge in [-0.05, 0) is 87.9 Å². The average Bonchev–Trinajstić information content (AvgIpc) is 3.00. The lowest BCUT2D eigenvalue weighted by atomic mass is 9.83. The molecule has 35 heavy (non-hydrogen) atoms. The third-order valence-electron chi connectivity index (χ3n) is 7.88. The van der Waals surface area contributed by atoms with E-state index >= 15 is 0 Å². The Labute approximate surface area is 216 Å².